The average Bonchev–Trinajstić information content (AvgIpc) is 2.73. The number of tetrazole rings is 1. The first-order chi connectivity index (χ1) is 9.29. The van der Waals surface area contributed by atoms with Crippen LogP contribution in [0.3, 0.4) is 0 Å². The van der Waals surface area contributed by atoms with Crippen molar-refractivity contribution in [3.8, 4) is 0 Å². The standard InChI is InChI=1S/C9H9ClN6O2S2/c1-16-13-9(12-15-16)14-20(17,18)5-2-3-6(8(11)19)7(10)4-5/h2-4H,1H3,(H2,11,19)(H,13,14). The van der Waals surface area contributed by atoms with E-state index in [0.717, 1.165) is 4.80 Å². The van der Waals surface area contributed by atoms with Crippen molar-refractivity contribution in [2.75, 3.05) is 4.72 Å². The third-order valence-corrected chi connectivity index (χ3v) is 4.11. The Hall–Kier alpha value is -1.78. The second-order valence-electron chi connectivity index (χ2n) is 3.71. The highest BCUT2D eigenvalue weighted by molar-refractivity contribution is 7.92. The van der Waals surface area contributed by atoms with Crippen LogP contribution >= 0.6 is 23.8 Å². The van der Waals surface area contributed by atoms with Gasteiger partial charge in [0, 0.05) is 5.56 Å². The minimum absolute atomic E-state index is 0.0602. The Morgan fingerprint density at radius 1 is 1.50 bits per heavy atom. The Balaban J connectivity index is 2.35. The lowest BCUT2D eigenvalue weighted by molar-refractivity contribution is 0.600. The number of anilines is 1. The largest absolute Gasteiger partial charge is 0.389 e. The molecule has 0 saturated heterocycles. The number of rotatable bonds is 4. The van der Waals surface area contributed by atoms with Gasteiger partial charge in [0.25, 0.3) is 16.0 Å². The third kappa shape index (κ3) is 3.03. The number of thiocarbonyl (C=S) groups is 1. The number of nitrogens with two attached hydrogens (primary N) is 1. The molecule has 0 unspecified atom stereocenters. The van der Waals surface area contributed by atoms with Gasteiger partial charge < -0.3 is 5.73 Å². The van der Waals surface area contributed by atoms with Gasteiger partial charge in [0.05, 0.1) is 17.0 Å². The van der Waals surface area contributed by atoms with Crippen LogP contribution in [0.5, 0.6) is 0 Å². The maximum Gasteiger partial charge on any atom is 0.277 e. The Labute approximate surface area is 125 Å². The fraction of sp³-hybridized carbons (Fsp3) is 0.111. The fourth-order valence-electron chi connectivity index (χ4n) is 1.37. The molecule has 2 aromatic rings. The van der Waals surface area contributed by atoms with Gasteiger partial charge in [-0.3, -0.25) is 0 Å². The second kappa shape index (κ2) is 5.31. The molecule has 106 valence electrons. The summed E-state index contributed by atoms with van der Waals surface area (Å²) in [6, 6.07) is 4.01. The molecule has 1 aromatic carbocycles. The van der Waals surface area contributed by atoms with Crippen molar-refractivity contribution in [2.45, 2.75) is 4.90 Å². The molecule has 0 aliphatic heterocycles. The number of aromatic nitrogens is 4. The van der Waals surface area contributed by atoms with E-state index in [1.54, 1.807) is 0 Å². The predicted molar refractivity (Wildman–Crippen MR) is 76.9 cm³/mol. The summed E-state index contributed by atoms with van der Waals surface area (Å²) < 4.78 is 26.4. The summed E-state index contributed by atoms with van der Waals surface area (Å²) in [6.45, 7) is 0. The third-order valence-electron chi connectivity index (χ3n) is 2.25. The molecule has 0 saturated carbocycles. The molecule has 0 fully saturated rings. The molecule has 1 heterocycles. The van der Waals surface area contributed by atoms with E-state index in [4.69, 9.17) is 29.6 Å². The first kappa shape index (κ1) is 14.6. The van der Waals surface area contributed by atoms with Gasteiger partial charge in [-0.1, -0.05) is 28.9 Å². The molecule has 0 aliphatic carbocycles. The van der Waals surface area contributed by atoms with E-state index < -0.39 is 10.0 Å². The zero-order valence-electron chi connectivity index (χ0n) is 10.1. The first-order valence-corrected chi connectivity index (χ1v) is 7.43. The summed E-state index contributed by atoms with van der Waals surface area (Å²) in [5, 5.41) is 10.9. The van der Waals surface area contributed by atoms with Crippen molar-refractivity contribution in [3.05, 3.63) is 28.8 Å². The molecular formula is C9H9ClN6O2S2. The SMILES string of the molecule is Cn1nnc(NS(=O)(=O)c2ccc(C(N)=S)c(Cl)c2)n1. The summed E-state index contributed by atoms with van der Waals surface area (Å²) in [5.41, 5.74) is 5.85. The normalized spacial score (nSPS) is 11.3. The van der Waals surface area contributed by atoms with Crippen LogP contribution in [0, 0.1) is 0 Å². The quantitative estimate of drug-likeness (QED) is 0.773. The van der Waals surface area contributed by atoms with Crippen LogP contribution < -0.4 is 10.5 Å². The van der Waals surface area contributed by atoms with Gasteiger partial charge in [0.15, 0.2) is 0 Å². The molecule has 20 heavy (non-hydrogen) atoms. The highest BCUT2D eigenvalue weighted by Crippen LogP contribution is 2.21. The number of nitrogens with one attached hydrogen (secondary N) is 1. The van der Waals surface area contributed by atoms with E-state index in [1.165, 1.54) is 25.2 Å². The molecule has 0 radical (unpaired) electrons. The van der Waals surface area contributed by atoms with Crippen molar-refractivity contribution in [3.63, 3.8) is 0 Å². The molecule has 2 rings (SSSR count). The van der Waals surface area contributed by atoms with Crippen molar-refractivity contribution < 1.29 is 8.42 Å². The van der Waals surface area contributed by atoms with Gasteiger partial charge in [0.2, 0.25) is 0 Å². The highest BCUT2D eigenvalue weighted by Gasteiger charge is 2.18. The lowest BCUT2D eigenvalue weighted by atomic mass is 10.2. The fourth-order valence-corrected chi connectivity index (χ4v) is 2.91. The predicted octanol–water partition coefficient (Wildman–Crippen LogP) is 0.299. The van der Waals surface area contributed by atoms with E-state index >= 15 is 0 Å². The second-order valence-corrected chi connectivity index (χ2v) is 6.24. The summed E-state index contributed by atoms with van der Waals surface area (Å²) in [7, 11) is -2.35. The van der Waals surface area contributed by atoms with Gasteiger partial charge in [0.1, 0.15) is 4.99 Å². The van der Waals surface area contributed by atoms with E-state index in [0.29, 0.717) is 5.56 Å². The number of hydrogen-bond acceptors (Lipinski definition) is 6. The molecule has 11 heteroatoms. The molecular weight excluding hydrogens is 324 g/mol. The summed E-state index contributed by atoms with van der Waals surface area (Å²) in [5.74, 6) is -0.137. The Bertz CT molecular complexity index is 772. The number of halogens is 1. The van der Waals surface area contributed by atoms with Crippen LogP contribution in [0.1, 0.15) is 5.56 Å². The number of sulfonamides is 1. The van der Waals surface area contributed by atoms with E-state index in [2.05, 4.69) is 20.1 Å². The zero-order chi connectivity index (χ0) is 14.9. The summed E-state index contributed by atoms with van der Waals surface area (Å²) in [4.78, 5) is 1.15. The maximum absolute atomic E-state index is 12.1. The average molecular weight is 333 g/mol. The zero-order valence-corrected chi connectivity index (χ0v) is 12.5. The van der Waals surface area contributed by atoms with Crippen molar-refractivity contribution in [1.82, 2.24) is 20.2 Å². The van der Waals surface area contributed by atoms with Gasteiger partial charge in [-0.25, -0.2) is 13.1 Å². The van der Waals surface area contributed by atoms with Crippen LogP contribution in [0.15, 0.2) is 23.1 Å². The Morgan fingerprint density at radius 3 is 2.70 bits per heavy atom. The topological polar surface area (TPSA) is 116 Å². The van der Waals surface area contributed by atoms with Crippen molar-refractivity contribution in [2.24, 2.45) is 12.8 Å². The minimum Gasteiger partial charge on any atom is -0.389 e. The van der Waals surface area contributed by atoms with Crippen molar-refractivity contribution >= 4 is 44.8 Å². The number of aryl methyl sites for hydroxylation is 1. The van der Waals surface area contributed by atoms with E-state index in [9.17, 15) is 8.42 Å². The molecule has 0 atom stereocenters. The van der Waals surface area contributed by atoms with Gasteiger partial charge in [-0.2, -0.15) is 4.80 Å². The van der Waals surface area contributed by atoms with E-state index in [1.807, 2.05) is 0 Å². The van der Waals surface area contributed by atoms with Crippen molar-refractivity contribution in [1.29, 1.82) is 0 Å². The molecule has 0 bridgehead atoms. The van der Waals surface area contributed by atoms with Crippen LogP contribution in [0.2, 0.25) is 5.02 Å². The van der Waals surface area contributed by atoms with Crippen LogP contribution in [-0.2, 0) is 17.1 Å². The molecule has 3 N–H and O–H groups in total. The number of hydrogen-bond donors (Lipinski definition) is 2. The smallest absolute Gasteiger partial charge is 0.277 e. The molecule has 0 aliphatic rings. The summed E-state index contributed by atoms with van der Waals surface area (Å²) in [6.07, 6.45) is 0. The van der Waals surface area contributed by atoms with Crippen LogP contribution in [0.4, 0.5) is 5.95 Å². The summed E-state index contributed by atoms with van der Waals surface area (Å²) >= 11 is 10.7. The van der Waals surface area contributed by atoms with Crippen LogP contribution in [0.25, 0.3) is 0 Å². The maximum atomic E-state index is 12.1. The van der Waals surface area contributed by atoms with Gasteiger partial charge in [-0.15, -0.1) is 5.10 Å². The molecule has 8 nitrogen and oxygen atoms in total. The lowest BCUT2D eigenvalue weighted by Gasteiger charge is -2.07. The van der Waals surface area contributed by atoms with Gasteiger partial charge in [-0.05, 0) is 23.4 Å². The number of benzene rings is 1. The monoisotopic (exact) mass is 332 g/mol. The van der Waals surface area contributed by atoms with E-state index in [-0.39, 0.29) is 20.9 Å². The molecule has 1 aromatic heterocycles. The number of nitrogens with zero attached hydrogens (tertiary/aromatic N) is 4. The first-order valence-electron chi connectivity index (χ1n) is 5.16. The highest BCUT2D eigenvalue weighted by atomic mass is 35.5. The lowest BCUT2D eigenvalue weighted by Crippen LogP contribution is -2.15. The Morgan fingerprint density at radius 2 is 2.20 bits per heavy atom. The minimum atomic E-state index is -3.86. The Kier molecular flexibility index (Phi) is 3.88. The van der Waals surface area contributed by atoms with Gasteiger partial charge >= 0.3 is 0 Å². The van der Waals surface area contributed by atoms with Crippen LogP contribution in [-0.4, -0.2) is 33.6 Å². The molecule has 0 amide bonds. The molecule has 0 spiro atoms.